The van der Waals surface area contributed by atoms with Crippen molar-refractivity contribution in [3.8, 4) is 11.6 Å². The Morgan fingerprint density at radius 2 is 2.04 bits per heavy atom. The smallest absolute Gasteiger partial charge is 0.197 e. The van der Waals surface area contributed by atoms with E-state index in [4.69, 9.17) is 4.74 Å². The molecule has 0 aliphatic rings. The first-order valence-corrected chi connectivity index (χ1v) is 7.88. The Hall–Kier alpha value is -2.67. The first kappa shape index (κ1) is 15.2. The Morgan fingerprint density at radius 3 is 2.74 bits per heavy atom. The third kappa shape index (κ3) is 3.57. The lowest BCUT2D eigenvalue weighted by Crippen LogP contribution is -2.04. The number of thioether (sulfide) groups is 1. The maximum Gasteiger partial charge on any atom is 0.197 e. The van der Waals surface area contributed by atoms with Gasteiger partial charge in [0.25, 0.3) is 0 Å². The van der Waals surface area contributed by atoms with Gasteiger partial charge in [0.15, 0.2) is 10.9 Å². The number of ether oxygens (including phenoxy) is 1. The first-order valence-electron chi connectivity index (χ1n) is 6.89. The second kappa shape index (κ2) is 7.06. The number of methoxy groups -OCH3 is 1. The monoisotopic (exact) mass is 326 g/mol. The van der Waals surface area contributed by atoms with Crippen LogP contribution < -0.4 is 4.74 Å². The van der Waals surface area contributed by atoms with Crippen LogP contribution in [0.15, 0.2) is 60.1 Å². The van der Waals surface area contributed by atoms with Crippen LogP contribution in [-0.4, -0.2) is 38.4 Å². The van der Waals surface area contributed by atoms with Gasteiger partial charge >= 0.3 is 0 Å². The molecule has 3 rings (SSSR count). The zero-order valence-corrected chi connectivity index (χ0v) is 13.2. The lowest BCUT2D eigenvalue weighted by Gasteiger charge is -2.05. The highest BCUT2D eigenvalue weighted by Crippen LogP contribution is 2.20. The number of hydrogen-bond acceptors (Lipinski definition) is 6. The number of carbonyl (C=O) groups excluding carboxylic acids is 1. The lowest BCUT2D eigenvalue weighted by atomic mass is 10.1. The van der Waals surface area contributed by atoms with Crippen molar-refractivity contribution < 1.29 is 9.53 Å². The average molecular weight is 326 g/mol. The van der Waals surface area contributed by atoms with Crippen molar-refractivity contribution >= 4 is 17.5 Å². The van der Waals surface area contributed by atoms with E-state index in [1.165, 1.54) is 11.8 Å². The van der Waals surface area contributed by atoms with E-state index < -0.39 is 0 Å². The van der Waals surface area contributed by atoms with Gasteiger partial charge in [-0.25, -0.2) is 4.98 Å². The number of hydrogen-bond donors (Lipinski definition) is 0. The second-order valence-corrected chi connectivity index (χ2v) is 5.55. The van der Waals surface area contributed by atoms with Gasteiger partial charge in [0, 0.05) is 11.8 Å². The highest BCUT2D eigenvalue weighted by molar-refractivity contribution is 7.99. The van der Waals surface area contributed by atoms with Crippen LogP contribution in [0.3, 0.4) is 0 Å². The van der Waals surface area contributed by atoms with Crippen LogP contribution in [0.4, 0.5) is 0 Å². The Kier molecular flexibility index (Phi) is 4.68. The Bertz CT molecular complexity index is 787. The summed E-state index contributed by atoms with van der Waals surface area (Å²) in [6.45, 7) is 0. The van der Waals surface area contributed by atoms with Crippen molar-refractivity contribution in [3.05, 3.63) is 60.6 Å². The van der Waals surface area contributed by atoms with E-state index >= 15 is 0 Å². The molecule has 0 radical (unpaired) electrons. The summed E-state index contributed by atoms with van der Waals surface area (Å²) in [6, 6.07) is 12.6. The normalized spacial score (nSPS) is 10.5. The molecule has 0 fully saturated rings. The molecular formula is C16H14N4O2S. The van der Waals surface area contributed by atoms with Crippen LogP contribution in [0.25, 0.3) is 5.82 Å². The SMILES string of the molecule is COc1ccc(C(=O)CSc2nncn2-c2ccccn2)cc1. The summed E-state index contributed by atoms with van der Waals surface area (Å²) in [6.07, 6.45) is 3.29. The molecule has 2 heterocycles. The maximum atomic E-state index is 12.3. The molecule has 0 spiro atoms. The highest BCUT2D eigenvalue weighted by atomic mass is 32.2. The van der Waals surface area contributed by atoms with Gasteiger partial charge in [0.05, 0.1) is 12.9 Å². The number of ketones is 1. The Balaban J connectivity index is 1.69. The molecule has 23 heavy (non-hydrogen) atoms. The first-order chi connectivity index (χ1) is 11.3. The second-order valence-electron chi connectivity index (χ2n) is 4.61. The van der Waals surface area contributed by atoms with E-state index in [1.807, 2.05) is 18.2 Å². The van der Waals surface area contributed by atoms with Crippen LogP contribution in [0, 0.1) is 0 Å². The number of pyridine rings is 1. The van der Waals surface area contributed by atoms with E-state index in [0.717, 1.165) is 11.6 Å². The third-order valence-corrected chi connectivity index (χ3v) is 4.10. The predicted octanol–water partition coefficient (Wildman–Crippen LogP) is 2.65. The number of nitrogens with zero attached hydrogens (tertiary/aromatic N) is 4. The molecule has 0 saturated heterocycles. The summed E-state index contributed by atoms with van der Waals surface area (Å²) in [4.78, 5) is 16.5. The van der Waals surface area contributed by atoms with Crippen LogP contribution in [0.1, 0.15) is 10.4 Å². The summed E-state index contributed by atoms with van der Waals surface area (Å²) >= 11 is 1.33. The van der Waals surface area contributed by atoms with E-state index in [1.54, 1.807) is 48.5 Å². The fraction of sp³-hybridized carbons (Fsp3) is 0.125. The quantitative estimate of drug-likeness (QED) is 0.512. The van der Waals surface area contributed by atoms with Gasteiger partial charge < -0.3 is 4.74 Å². The van der Waals surface area contributed by atoms with Gasteiger partial charge in [-0.05, 0) is 36.4 Å². The zero-order chi connectivity index (χ0) is 16.1. The molecule has 1 aromatic carbocycles. The van der Waals surface area contributed by atoms with Gasteiger partial charge in [-0.1, -0.05) is 17.8 Å². The Morgan fingerprint density at radius 1 is 1.22 bits per heavy atom. The Labute approximate surface area is 137 Å². The number of Topliss-reactive ketones (excluding diaryl/α,β-unsaturated/α-hetero) is 1. The van der Waals surface area contributed by atoms with E-state index in [0.29, 0.717) is 10.7 Å². The zero-order valence-electron chi connectivity index (χ0n) is 12.4. The third-order valence-electron chi connectivity index (χ3n) is 3.16. The van der Waals surface area contributed by atoms with Crippen LogP contribution >= 0.6 is 11.8 Å². The minimum absolute atomic E-state index is 0.0215. The van der Waals surface area contributed by atoms with Gasteiger partial charge in [0.1, 0.15) is 17.9 Å². The molecule has 0 atom stereocenters. The molecule has 0 aliphatic heterocycles. The minimum Gasteiger partial charge on any atom is -0.497 e. The molecule has 0 saturated carbocycles. The molecule has 0 amide bonds. The van der Waals surface area contributed by atoms with E-state index in [-0.39, 0.29) is 11.5 Å². The molecule has 0 aliphatic carbocycles. The highest BCUT2D eigenvalue weighted by Gasteiger charge is 2.12. The van der Waals surface area contributed by atoms with Gasteiger partial charge in [-0.3, -0.25) is 9.36 Å². The molecule has 0 unspecified atom stereocenters. The maximum absolute atomic E-state index is 12.3. The fourth-order valence-electron chi connectivity index (χ4n) is 1.97. The molecule has 0 bridgehead atoms. The van der Waals surface area contributed by atoms with Gasteiger partial charge in [0.2, 0.25) is 0 Å². The summed E-state index contributed by atoms with van der Waals surface area (Å²) in [5.41, 5.74) is 0.641. The standard InChI is InChI=1S/C16H14N4O2S/c1-22-13-7-5-12(6-8-13)14(21)10-23-16-19-18-11-20(16)15-4-2-3-9-17-15/h2-9,11H,10H2,1H3. The molecule has 7 heteroatoms. The summed E-state index contributed by atoms with van der Waals surface area (Å²) in [7, 11) is 1.59. The number of carbonyl (C=O) groups is 1. The fourth-order valence-corrected chi connectivity index (χ4v) is 2.78. The molecule has 6 nitrogen and oxygen atoms in total. The molecule has 3 aromatic rings. The van der Waals surface area contributed by atoms with Crippen molar-refractivity contribution in [2.24, 2.45) is 0 Å². The molecule has 116 valence electrons. The number of benzene rings is 1. The minimum atomic E-state index is 0.0215. The van der Waals surface area contributed by atoms with E-state index in [2.05, 4.69) is 15.2 Å². The average Bonchev–Trinajstić information content (AvgIpc) is 3.09. The molecule has 2 aromatic heterocycles. The number of rotatable bonds is 6. The summed E-state index contributed by atoms with van der Waals surface area (Å²) in [5.74, 6) is 1.74. The van der Waals surface area contributed by atoms with Crippen molar-refractivity contribution in [2.45, 2.75) is 5.16 Å². The van der Waals surface area contributed by atoms with Crippen LogP contribution in [0.2, 0.25) is 0 Å². The summed E-state index contributed by atoms with van der Waals surface area (Å²) in [5, 5.41) is 8.58. The lowest BCUT2D eigenvalue weighted by molar-refractivity contribution is 0.102. The van der Waals surface area contributed by atoms with Crippen LogP contribution in [0.5, 0.6) is 5.75 Å². The van der Waals surface area contributed by atoms with E-state index in [9.17, 15) is 4.79 Å². The van der Waals surface area contributed by atoms with Crippen molar-refractivity contribution in [3.63, 3.8) is 0 Å². The van der Waals surface area contributed by atoms with Gasteiger partial charge in [-0.2, -0.15) is 0 Å². The number of aromatic nitrogens is 4. The largest absolute Gasteiger partial charge is 0.497 e. The summed E-state index contributed by atoms with van der Waals surface area (Å²) < 4.78 is 6.84. The van der Waals surface area contributed by atoms with Crippen molar-refractivity contribution in [1.29, 1.82) is 0 Å². The molecule has 0 N–H and O–H groups in total. The van der Waals surface area contributed by atoms with Crippen molar-refractivity contribution in [2.75, 3.05) is 12.9 Å². The van der Waals surface area contributed by atoms with Gasteiger partial charge in [-0.15, -0.1) is 10.2 Å². The predicted molar refractivity (Wildman–Crippen MR) is 87.2 cm³/mol. The topological polar surface area (TPSA) is 69.9 Å². The van der Waals surface area contributed by atoms with Crippen molar-refractivity contribution in [1.82, 2.24) is 19.7 Å². The molecular weight excluding hydrogens is 312 g/mol. The van der Waals surface area contributed by atoms with Crippen LogP contribution in [-0.2, 0) is 0 Å².